The molecule has 0 spiro atoms. The first-order valence-electron chi connectivity index (χ1n) is 10.6. The summed E-state index contributed by atoms with van der Waals surface area (Å²) in [5.41, 5.74) is 0.886. The largest absolute Gasteiger partial charge is 0.506 e. The zero-order chi connectivity index (χ0) is 25.4. The van der Waals surface area contributed by atoms with Crippen molar-refractivity contribution in [2.75, 3.05) is 5.32 Å². The van der Waals surface area contributed by atoms with Gasteiger partial charge in [-0.05, 0) is 54.6 Å². The number of nitrogens with one attached hydrogen (secondary N) is 1. The van der Waals surface area contributed by atoms with Gasteiger partial charge in [-0.3, -0.25) is 9.78 Å². The highest BCUT2D eigenvalue weighted by Crippen LogP contribution is 2.35. The van der Waals surface area contributed by atoms with E-state index in [-0.39, 0.29) is 23.5 Å². The standard InChI is InChI=1S/C26H16ClF3N4O2.H2/c27-18-5-1-2-6-20(18)34-21(14-23(33-34)26(28,29)30)15-7-9-16(10-8-15)25(36)32-19-11-12-22(35)24-17(19)4-3-13-31-24;/h1-14,35H,(H,32,36);1H. The maximum Gasteiger partial charge on any atom is 0.435 e. The second-order valence-corrected chi connectivity index (χ2v) is 8.25. The van der Waals surface area contributed by atoms with Gasteiger partial charge in [0.2, 0.25) is 0 Å². The van der Waals surface area contributed by atoms with Gasteiger partial charge in [0.1, 0.15) is 11.3 Å². The number of rotatable bonds is 4. The lowest BCUT2D eigenvalue weighted by Gasteiger charge is -2.11. The molecule has 5 rings (SSSR count). The molecule has 0 radical (unpaired) electrons. The number of hydrogen-bond donors (Lipinski definition) is 2. The van der Waals surface area contributed by atoms with Crippen molar-refractivity contribution in [2.45, 2.75) is 6.18 Å². The first kappa shape index (κ1) is 23.4. The van der Waals surface area contributed by atoms with Crippen LogP contribution in [0.5, 0.6) is 5.75 Å². The third kappa shape index (κ3) is 4.36. The van der Waals surface area contributed by atoms with Gasteiger partial charge in [0.15, 0.2) is 5.69 Å². The number of para-hydroxylation sites is 1. The highest BCUT2D eigenvalue weighted by Gasteiger charge is 2.35. The Morgan fingerprint density at radius 2 is 1.75 bits per heavy atom. The van der Waals surface area contributed by atoms with E-state index >= 15 is 0 Å². The third-order valence-corrected chi connectivity index (χ3v) is 5.84. The van der Waals surface area contributed by atoms with Crippen molar-refractivity contribution in [2.24, 2.45) is 0 Å². The van der Waals surface area contributed by atoms with Crippen LogP contribution in [0.3, 0.4) is 0 Å². The number of aromatic hydroxyl groups is 1. The summed E-state index contributed by atoms with van der Waals surface area (Å²) in [6, 6.07) is 19.9. The summed E-state index contributed by atoms with van der Waals surface area (Å²) in [7, 11) is 0. The van der Waals surface area contributed by atoms with Gasteiger partial charge in [0, 0.05) is 24.1 Å². The molecule has 10 heteroatoms. The highest BCUT2D eigenvalue weighted by molar-refractivity contribution is 6.32. The predicted octanol–water partition coefficient (Wildman–Crippen LogP) is 6.96. The number of hydrogen-bond acceptors (Lipinski definition) is 4. The molecule has 0 saturated heterocycles. The number of phenolic OH excluding ortho intramolecular Hbond substituents is 1. The molecule has 0 atom stereocenters. The molecule has 2 heterocycles. The van der Waals surface area contributed by atoms with Gasteiger partial charge in [0.05, 0.1) is 22.1 Å². The van der Waals surface area contributed by atoms with E-state index in [1.807, 2.05) is 0 Å². The topological polar surface area (TPSA) is 80.0 Å². The van der Waals surface area contributed by atoms with E-state index in [2.05, 4.69) is 15.4 Å². The number of carbonyl (C=O) groups is 1. The van der Waals surface area contributed by atoms with E-state index in [1.54, 1.807) is 42.5 Å². The fourth-order valence-corrected chi connectivity index (χ4v) is 4.00. The zero-order valence-electron chi connectivity index (χ0n) is 18.3. The number of carbonyl (C=O) groups excluding carboxylic acids is 1. The van der Waals surface area contributed by atoms with Crippen molar-refractivity contribution in [1.29, 1.82) is 0 Å². The van der Waals surface area contributed by atoms with Crippen molar-refractivity contribution in [1.82, 2.24) is 14.8 Å². The third-order valence-electron chi connectivity index (χ3n) is 5.52. The van der Waals surface area contributed by atoms with Gasteiger partial charge in [-0.15, -0.1) is 0 Å². The van der Waals surface area contributed by atoms with Gasteiger partial charge in [0.25, 0.3) is 5.91 Å². The van der Waals surface area contributed by atoms with Crippen molar-refractivity contribution >= 4 is 34.1 Å². The number of amides is 1. The van der Waals surface area contributed by atoms with Crippen LogP contribution in [0, 0.1) is 0 Å². The van der Waals surface area contributed by atoms with Crippen LogP contribution < -0.4 is 5.32 Å². The first-order chi connectivity index (χ1) is 17.2. The highest BCUT2D eigenvalue weighted by atomic mass is 35.5. The number of alkyl halides is 3. The molecule has 0 bridgehead atoms. The summed E-state index contributed by atoms with van der Waals surface area (Å²) in [5.74, 6) is -0.450. The van der Waals surface area contributed by atoms with Crippen LogP contribution in [0.2, 0.25) is 5.02 Å². The molecule has 0 aliphatic rings. The Hall–Kier alpha value is -4.37. The minimum absolute atomic E-state index is 0. The van der Waals surface area contributed by atoms with Gasteiger partial charge in [-0.2, -0.15) is 18.3 Å². The average Bonchev–Trinajstić information content (AvgIpc) is 3.32. The van der Waals surface area contributed by atoms with Crippen LogP contribution in [0.25, 0.3) is 27.8 Å². The smallest absolute Gasteiger partial charge is 0.435 e. The van der Waals surface area contributed by atoms with Gasteiger partial charge in [-0.25, -0.2) is 4.68 Å². The molecule has 182 valence electrons. The molecule has 0 aliphatic carbocycles. The molecule has 0 unspecified atom stereocenters. The summed E-state index contributed by atoms with van der Waals surface area (Å²) < 4.78 is 41.5. The average molecular weight is 511 g/mol. The number of pyridine rings is 1. The second kappa shape index (κ2) is 9.01. The lowest BCUT2D eigenvalue weighted by molar-refractivity contribution is -0.141. The van der Waals surface area contributed by atoms with E-state index in [9.17, 15) is 23.1 Å². The molecule has 3 aromatic carbocycles. The first-order valence-corrected chi connectivity index (χ1v) is 11.0. The number of aromatic nitrogens is 3. The van der Waals surface area contributed by atoms with Crippen molar-refractivity contribution in [3.63, 3.8) is 0 Å². The summed E-state index contributed by atoms with van der Waals surface area (Å²) in [6.07, 6.45) is -3.12. The normalized spacial score (nSPS) is 11.6. The molecular formula is C26H18ClF3N4O2. The van der Waals surface area contributed by atoms with Gasteiger partial charge in [-0.1, -0.05) is 35.9 Å². The number of benzene rings is 3. The molecule has 0 aliphatic heterocycles. The van der Waals surface area contributed by atoms with Crippen LogP contribution in [-0.4, -0.2) is 25.8 Å². The van der Waals surface area contributed by atoms with E-state index in [0.717, 1.165) is 10.7 Å². The fraction of sp³-hybridized carbons (Fsp3) is 0.0385. The fourth-order valence-electron chi connectivity index (χ4n) is 3.79. The Bertz CT molecular complexity index is 1600. The molecule has 0 saturated carbocycles. The summed E-state index contributed by atoms with van der Waals surface area (Å²) in [4.78, 5) is 17.0. The van der Waals surface area contributed by atoms with Crippen LogP contribution in [-0.2, 0) is 6.18 Å². The maximum absolute atomic E-state index is 13.4. The predicted molar refractivity (Wildman–Crippen MR) is 132 cm³/mol. The van der Waals surface area contributed by atoms with Crippen LogP contribution in [0.1, 0.15) is 17.5 Å². The molecular weight excluding hydrogens is 493 g/mol. The molecule has 1 amide bonds. The number of phenols is 1. The van der Waals surface area contributed by atoms with Crippen LogP contribution >= 0.6 is 11.6 Å². The quantitative estimate of drug-likeness (QED) is 0.256. The second-order valence-electron chi connectivity index (χ2n) is 7.84. The summed E-state index contributed by atoms with van der Waals surface area (Å²) in [5, 5.41) is 17.3. The minimum Gasteiger partial charge on any atom is -0.506 e. The van der Waals surface area contributed by atoms with Crippen molar-refractivity contribution in [3.05, 3.63) is 101 Å². The number of fused-ring (bicyclic) bond motifs is 1. The number of nitrogens with zero attached hydrogens (tertiary/aromatic N) is 3. The van der Waals surface area contributed by atoms with Gasteiger partial charge < -0.3 is 10.4 Å². The SMILES string of the molecule is O=C(Nc1ccc(O)c2ncccc12)c1ccc(-c2cc(C(F)(F)F)nn2-c2ccccc2Cl)cc1.[HH]. The van der Waals surface area contributed by atoms with Crippen LogP contribution in [0.4, 0.5) is 18.9 Å². The minimum atomic E-state index is -4.65. The summed E-state index contributed by atoms with van der Waals surface area (Å²) >= 11 is 6.22. The van der Waals surface area contributed by atoms with E-state index in [1.165, 1.54) is 36.5 Å². The van der Waals surface area contributed by atoms with Crippen LogP contribution in [0.15, 0.2) is 85.1 Å². The Morgan fingerprint density at radius 1 is 1.00 bits per heavy atom. The van der Waals surface area contributed by atoms with E-state index in [0.29, 0.717) is 27.8 Å². The monoisotopic (exact) mass is 510 g/mol. The van der Waals surface area contributed by atoms with Crippen molar-refractivity contribution < 1.29 is 24.5 Å². The molecule has 5 aromatic rings. The summed E-state index contributed by atoms with van der Waals surface area (Å²) in [6.45, 7) is 0. The van der Waals surface area contributed by atoms with Gasteiger partial charge >= 0.3 is 6.18 Å². The lowest BCUT2D eigenvalue weighted by atomic mass is 10.1. The number of halogens is 4. The molecule has 6 nitrogen and oxygen atoms in total. The maximum atomic E-state index is 13.4. The molecule has 36 heavy (non-hydrogen) atoms. The Morgan fingerprint density at radius 3 is 2.47 bits per heavy atom. The Labute approximate surface area is 209 Å². The Balaban J connectivity index is 0.00000320. The number of anilines is 1. The lowest BCUT2D eigenvalue weighted by Crippen LogP contribution is -2.12. The zero-order valence-corrected chi connectivity index (χ0v) is 19.0. The molecule has 2 aromatic heterocycles. The Kier molecular flexibility index (Phi) is 5.85. The van der Waals surface area contributed by atoms with Crippen molar-refractivity contribution in [3.8, 4) is 22.7 Å². The van der Waals surface area contributed by atoms with E-state index in [4.69, 9.17) is 11.6 Å². The molecule has 0 fully saturated rings. The van der Waals surface area contributed by atoms with E-state index < -0.39 is 17.8 Å². The molecule has 2 N–H and O–H groups in total.